The molecule has 12 nitrogen and oxygen atoms in total. The van der Waals surface area contributed by atoms with Crippen LogP contribution < -0.4 is 13.6 Å². The lowest BCUT2D eigenvalue weighted by atomic mass is 10.2. The van der Waals surface area contributed by atoms with Crippen LogP contribution in [0.25, 0.3) is 0 Å². The molecule has 1 unspecified atom stereocenters. The summed E-state index contributed by atoms with van der Waals surface area (Å²) in [6.45, 7) is 5.71. The van der Waals surface area contributed by atoms with Crippen molar-refractivity contribution in [3.05, 3.63) is 89.5 Å². The third kappa shape index (κ3) is 7.11. The Kier molecular flexibility index (Phi) is 10.6. The molecule has 1 aliphatic rings. The molecule has 3 aromatic carbocycles. The average molecular weight is 656 g/mol. The van der Waals surface area contributed by atoms with Crippen molar-refractivity contribution in [1.82, 2.24) is 0 Å². The molecule has 3 aromatic rings. The topological polar surface area (TPSA) is 123 Å². The molecule has 0 fully saturated rings. The lowest BCUT2D eigenvalue weighted by molar-refractivity contribution is 0.312. The second-order valence-corrected chi connectivity index (χ2v) is 18.0. The standard InChI is InChI=1S/C26H36N4O8P4/c1-21-15-9-12-18-24(21)36-41(35-8)28-39(31-4,32-5)27-40(33-6,34-7)29-42(30-41,37-25-19-13-10-16-22(25)2)38-26-20-14-11-17-23(26)3/h9-20H,1-8H3. The van der Waals surface area contributed by atoms with Gasteiger partial charge in [0.25, 0.3) is 0 Å². The number of hydrogen-bond donors (Lipinski definition) is 0. The number of benzene rings is 3. The highest BCUT2D eigenvalue weighted by Crippen LogP contribution is 2.79. The summed E-state index contributed by atoms with van der Waals surface area (Å²) in [5.41, 5.74) is 2.47. The molecular weight excluding hydrogens is 620 g/mol. The fourth-order valence-corrected chi connectivity index (χ4v) is 15.7. The van der Waals surface area contributed by atoms with Gasteiger partial charge < -0.3 is 36.2 Å². The van der Waals surface area contributed by atoms with Crippen molar-refractivity contribution >= 4 is 30.6 Å². The van der Waals surface area contributed by atoms with Crippen LogP contribution in [0.3, 0.4) is 0 Å². The summed E-state index contributed by atoms with van der Waals surface area (Å²) in [4.78, 5) is 0. The predicted molar refractivity (Wildman–Crippen MR) is 168 cm³/mol. The molecule has 228 valence electrons. The molecular formula is C26H36N4O8P4. The van der Waals surface area contributed by atoms with E-state index in [1.54, 1.807) is 18.2 Å². The summed E-state index contributed by atoms with van der Waals surface area (Å²) >= 11 is 0. The molecule has 0 aromatic heterocycles. The Morgan fingerprint density at radius 3 is 0.976 bits per heavy atom. The molecule has 16 heteroatoms. The maximum absolute atomic E-state index is 6.69. The van der Waals surface area contributed by atoms with Crippen molar-refractivity contribution in [2.24, 2.45) is 18.1 Å². The van der Waals surface area contributed by atoms with Crippen LogP contribution in [0.4, 0.5) is 0 Å². The Bertz CT molecular complexity index is 1590. The van der Waals surface area contributed by atoms with Gasteiger partial charge in [-0.2, -0.15) is 0 Å². The maximum Gasteiger partial charge on any atom is 0.458 e. The van der Waals surface area contributed by atoms with Crippen molar-refractivity contribution in [2.75, 3.05) is 35.5 Å². The normalized spacial score (nSPS) is 20.4. The van der Waals surface area contributed by atoms with Gasteiger partial charge in [0.05, 0.1) is 0 Å². The molecule has 1 heterocycles. The van der Waals surface area contributed by atoms with E-state index in [2.05, 4.69) is 0 Å². The van der Waals surface area contributed by atoms with Crippen LogP contribution in [-0.2, 0) is 22.6 Å². The van der Waals surface area contributed by atoms with Crippen molar-refractivity contribution in [3.8, 4) is 17.2 Å². The minimum atomic E-state index is -3.91. The largest absolute Gasteiger partial charge is 0.458 e. The smallest absolute Gasteiger partial charge is 0.422 e. The summed E-state index contributed by atoms with van der Waals surface area (Å²) in [6, 6.07) is 22.3. The van der Waals surface area contributed by atoms with E-state index in [9.17, 15) is 0 Å². The lowest BCUT2D eigenvalue weighted by Gasteiger charge is -2.31. The molecule has 0 aliphatic carbocycles. The zero-order chi connectivity index (χ0) is 30.4. The maximum atomic E-state index is 6.69. The Morgan fingerprint density at radius 1 is 0.381 bits per heavy atom. The monoisotopic (exact) mass is 656 g/mol. The summed E-state index contributed by atoms with van der Waals surface area (Å²) in [5, 5.41) is 0. The van der Waals surface area contributed by atoms with Crippen LogP contribution in [0, 0.1) is 20.8 Å². The van der Waals surface area contributed by atoms with E-state index in [1.165, 1.54) is 35.5 Å². The van der Waals surface area contributed by atoms with E-state index < -0.39 is 30.6 Å². The minimum absolute atomic E-state index is 0.474. The van der Waals surface area contributed by atoms with Gasteiger partial charge in [0, 0.05) is 35.5 Å². The van der Waals surface area contributed by atoms with E-state index in [1.807, 2.05) is 75.4 Å². The molecule has 42 heavy (non-hydrogen) atoms. The first-order valence-electron chi connectivity index (χ1n) is 12.7. The van der Waals surface area contributed by atoms with E-state index in [4.69, 9.17) is 54.3 Å². The highest BCUT2D eigenvalue weighted by molar-refractivity contribution is 7.78. The van der Waals surface area contributed by atoms with Crippen molar-refractivity contribution in [2.45, 2.75) is 20.8 Å². The van der Waals surface area contributed by atoms with Crippen molar-refractivity contribution < 1.29 is 36.2 Å². The molecule has 0 radical (unpaired) electrons. The second kappa shape index (κ2) is 13.6. The molecule has 4 rings (SSSR count). The van der Waals surface area contributed by atoms with E-state index in [-0.39, 0.29) is 0 Å². The summed E-state index contributed by atoms with van der Waals surface area (Å²) in [5.74, 6) is 1.43. The van der Waals surface area contributed by atoms with Gasteiger partial charge in [0.2, 0.25) is 0 Å². The fraction of sp³-hybridized carbons (Fsp3) is 0.308. The fourth-order valence-electron chi connectivity index (χ4n) is 3.68. The third-order valence-corrected chi connectivity index (χ3v) is 16.9. The first-order chi connectivity index (χ1) is 20.1. The average Bonchev–Trinajstić information content (AvgIpc) is 2.99. The predicted octanol–water partition coefficient (Wildman–Crippen LogP) is 10.2. The van der Waals surface area contributed by atoms with E-state index in [0.717, 1.165) is 16.7 Å². The molecule has 1 atom stereocenters. The zero-order valence-corrected chi connectivity index (χ0v) is 28.3. The molecule has 0 bridgehead atoms. The number of hydrogen-bond acceptors (Lipinski definition) is 12. The SMILES string of the molecule is COP1(OC)=NP(OC)(OC)=NP(OC)(Oc2ccccc2C)=NP(Oc2ccccc2C)(Oc2ccccc2C)=N1. The number of para-hydroxylation sites is 3. The summed E-state index contributed by atoms with van der Waals surface area (Å²) in [7, 11) is -7.72. The van der Waals surface area contributed by atoms with Gasteiger partial charge in [-0.3, -0.25) is 0 Å². The molecule has 0 saturated heterocycles. The van der Waals surface area contributed by atoms with Gasteiger partial charge in [-0.1, -0.05) is 54.6 Å². The van der Waals surface area contributed by atoms with Gasteiger partial charge in [-0.25, -0.2) is 0 Å². The first kappa shape index (κ1) is 32.7. The lowest BCUT2D eigenvalue weighted by Crippen LogP contribution is -2.06. The van der Waals surface area contributed by atoms with Crippen LogP contribution in [0.1, 0.15) is 16.7 Å². The van der Waals surface area contributed by atoms with Crippen LogP contribution in [0.15, 0.2) is 90.9 Å². The third-order valence-electron chi connectivity index (χ3n) is 6.03. The molecule has 0 saturated carbocycles. The Hall–Kier alpha value is -2.22. The van der Waals surface area contributed by atoms with Gasteiger partial charge >= 0.3 is 30.6 Å². The van der Waals surface area contributed by atoms with Crippen molar-refractivity contribution in [1.29, 1.82) is 0 Å². The second-order valence-electron chi connectivity index (χ2n) is 8.80. The van der Waals surface area contributed by atoms with Crippen LogP contribution >= 0.6 is 30.6 Å². The van der Waals surface area contributed by atoms with Gasteiger partial charge in [0.15, 0.2) is 0 Å². The summed E-state index contributed by atoms with van der Waals surface area (Å²) in [6.07, 6.45) is 0. The Labute approximate surface area is 247 Å². The number of aryl methyl sites for hydroxylation is 3. The molecule has 0 spiro atoms. The number of nitrogens with zero attached hydrogens (tertiary/aromatic N) is 4. The zero-order valence-electron chi connectivity index (χ0n) is 24.8. The van der Waals surface area contributed by atoms with Crippen molar-refractivity contribution in [3.63, 3.8) is 0 Å². The van der Waals surface area contributed by atoms with E-state index >= 15 is 0 Å². The quantitative estimate of drug-likeness (QED) is 0.187. The highest BCUT2D eigenvalue weighted by Gasteiger charge is 2.44. The first-order valence-corrected chi connectivity index (χ1v) is 18.8. The van der Waals surface area contributed by atoms with E-state index in [0.29, 0.717) is 17.2 Å². The molecule has 1 aliphatic heterocycles. The Morgan fingerprint density at radius 2 is 0.643 bits per heavy atom. The van der Waals surface area contributed by atoms with Crippen LogP contribution in [0.2, 0.25) is 0 Å². The van der Waals surface area contributed by atoms with Crippen LogP contribution in [0.5, 0.6) is 17.2 Å². The van der Waals surface area contributed by atoms with Gasteiger partial charge in [-0.15, -0.1) is 18.1 Å². The minimum Gasteiger partial charge on any atom is -0.422 e. The van der Waals surface area contributed by atoms with Gasteiger partial charge in [0.1, 0.15) is 17.2 Å². The van der Waals surface area contributed by atoms with Gasteiger partial charge in [-0.05, 0) is 55.7 Å². The molecule has 0 amide bonds. The highest BCUT2D eigenvalue weighted by atomic mass is 31.3. The Balaban J connectivity index is 2.18. The molecule has 0 N–H and O–H groups in total. The number of rotatable bonds is 11. The summed E-state index contributed by atoms with van der Waals surface area (Å²) < 4.78 is 69.0. The van der Waals surface area contributed by atoms with Crippen LogP contribution in [-0.4, -0.2) is 35.5 Å².